The number of fused-ring (bicyclic) bond motifs is 2. The van der Waals surface area contributed by atoms with Crippen molar-refractivity contribution in [1.29, 1.82) is 0 Å². The highest BCUT2D eigenvalue weighted by Gasteiger charge is 2.40. The third-order valence-corrected chi connectivity index (χ3v) is 26.5. The smallest absolute Gasteiger partial charge is 0.262 e. The molecule has 4 amide bonds. The van der Waals surface area contributed by atoms with Gasteiger partial charge >= 0.3 is 0 Å². The van der Waals surface area contributed by atoms with Crippen molar-refractivity contribution in [2.75, 3.05) is 13.1 Å². The summed E-state index contributed by atoms with van der Waals surface area (Å²) in [4.78, 5) is 107. The zero-order valence-corrected chi connectivity index (χ0v) is 68.1. The molecule has 2 saturated carbocycles. The summed E-state index contributed by atoms with van der Waals surface area (Å²) in [6, 6.07) is 3.10. The Morgan fingerprint density at radius 2 is 0.505 bits per heavy atom. The number of carbonyl (C=O) groups excluding carboxylic acids is 4. The summed E-state index contributed by atoms with van der Waals surface area (Å²) >= 11 is 0. The first-order chi connectivity index (χ1) is 51.1. The van der Waals surface area contributed by atoms with Gasteiger partial charge in [0, 0.05) is 49.5 Å². The van der Waals surface area contributed by atoms with Gasteiger partial charge in [-0.2, -0.15) is 0 Å². The van der Waals surface area contributed by atoms with E-state index in [0.29, 0.717) is 26.1 Å². The van der Waals surface area contributed by atoms with Gasteiger partial charge in [0.15, 0.2) is 0 Å². The van der Waals surface area contributed by atoms with Crippen molar-refractivity contribution in [2.24, 2.45) is 47.3 Å². The number of benzene rings is 1. The summed E-state index contributed by atoms with van der Waals surface area (Å²) in [7, 11) is 0. The van der Waals surface area contributed by atoms with Crippen molar-refractivity contribution in [3.05, 3.63) is 77.9 Å². The van der Waals surface area contributed by atoms with Gasteiger partial charge < -0.3 is 0 Å². The number of carbonyl (C=O) groups is 4. The minimum atomic E-state index is -0.713. The minimum absolute atomic E-state index is 0.168. The van der Waals surface area contributed by atoms with Crippen LogP contribution >= 0.6 is 0 Å². The van der Waals surface area contributed by atoms with Crippen LogP contribution in [0.4, 0.5) is 0 Å². The standard InChI is InChI=1S/C93H152N4O8/c1-7-11-15-19-31-43-55-77-73(51-39-17-13-9-3)59-61-75(53-41-29-22-26-36-48-68-94-85(98)63-64-86(94)99)79(77)57-45-33-21-25-35-47-67-93(5,6)97-91(104)83-71-81-82(72-84(83)92(97)105)90(103)96(89(81)102)70-50-38-27-23-30-42-54-76-62-60-74(52-40-18-14-10-4)78(56-44-32-20-16-12-8-2)80(76)58-46-34-24-28-37-49-69-95-87(100)65-66-88(95)101/h63-66,71-80H,7-62,67-70H2,1-6H3. The van der Waals surface area contributed by atoms with Crippen molar-refractivity contribution >= 4 is 45.2 Å². The summed E-state index contributed by atoms with van der Waals surface area (Å²) in [5, 5.41) is 0.989. The van der Waals surface area contributed by atoms with Crippen LogP contribution in [0.2, 0.25) is 0 Å². The van der Waals surface area contributed by atoms with Crippen LogP contribution in [0.15, 0.2) is 55.6 Å². The number of imide groups is 2. The molecule has 2 aliphatic heterocycles. The highest BCUT2D eigenvalue weighted by atomic mass is 16.2. The number of hydrogen-bond acceptors (Lipinski definition) is 8. The molecule has 0 N–H and O–H groups in total. The Hall–Kier alpha value is -4.74. The lowest BCUT2D eigenvalue weighted by Crippen LogP contribution is -2.41. The van der Waals surface area contributed by atoms with Crippen LogP contribution in [0.25, 0.3) is 21.5 Å². The van der Waals surface area contributed by atoms with Crippen molar-refractivity contribution in [1.82, 2.24) is 18.9 Å². The Labute approximate surface area is 637 Å². The third kappa shape index (κ3) is 28.3. The second-order valence-electron chi connectivity index (χ2n) is 34.8. The Kier molecular flexibility index (Phi) is 41.2. The zero-order valence-electron chi connectivity index (χ0n) is 68.1. The number of rotatable bonds is 61. The average molecular weight is 1450 g/mol. The summed E-state index contributed by atoms with van der Waals surface area (Å²) < 4.78 is 2.76. The molecule has 8 atom stereocenters. The van der Waals surface area contributed by atoms with Gasteiger partial charge in [0.1, 0.15) is 0 Å². The molecule has 0 radical (unpaired) electrons. The molecule has 105 heavy (non-hydrogen) atoms. The summed E-state index contributed by atoms with van der Waals surface area (Å²) in [6.45, 7) is 14.7. The van der Waals surface area contributed by atoms with Crippen molar-refractivity contribution < 1.29 is 19.2 Å². The van der Waals surface area contributed by atoms with Gasteiger partial charge in [0.25, 0.3) is 45.9 Å². The maximum Gasteiger partial charge on any atom is 0.262 e. The Balaban J connectivity index is 0.854. The highest BCUT2D eigenvalue weighted by molar-refractivity contribution is 6.13. The third-order valence-electron chi connectivity index (χ3n) is 26.5. The van der Waals surface area contributed by atoms with E-state index < -0.39 is 5.54 Å². The Morgan fingerprint density at radius 1 is 0.276 bits per heavy atom. The van der Waals surface area contributed by atoms with Crippen LogP contribution in [0.5, 0.6) is 0 Å². The molecular weight excluding hydrogens is 1300 g/mol. The Morgan fingerprint density at radius 3 is 0.800 bits per heavy atom. The normalized spacial score (nSPS) is 20.9. The molecular formula is C93H152N4O8. The molecule has 592 valence electrons. The second-order valence-corrected chi connectivity index (χ2v) is 34.8. The summed E-state index contributed by atoms with van der Waals surface area (Å²) in [5.41, 5.74) is -2.13. The Bertz CT molecular complexity index is 3150. The lowest BCUT2D eigenvalue weighted by molar-refractivity contribution is -0.138. The number of nitrogens with zero attached hydrogens (tertiary/aromatic N) is 4. The van der Waals surface area contributed by atoms with E-state index in [0.717, 1.165) is 124 Å². The molecule has 0 bridgehead atoms. The van der Waals surface area contributed by atoms with Gasteiger partial charge in [0.2, 0.25) is 0 Å². The van der Waals surface area contributed by atoms with Gasteiger partial charge in [-0.3, -0.25) is 57.3 Å². The lowest BCUT2D eigenvalue weighted by atomic mass is 9.61. The van der Waals surface area contributed by atoms with E-state index in [1.165, 1.54) is 326 Å². The van der Waals surface area contributed by atoms with Crippen molar-refractivity contribution in [3.63, 3.8) is 0 Å². The van der Waals surface area contributed by atoms with E-state index in [9.17, 15) is 38.4 Å². The fourth-order valence-corrected chi connectivity index (χ4v) is 20.3. The van der Waals surface area contributed by atoms with Crippen LogP contribution in [0.1, 0.15) is 408 Å². The first-order valence-corrected chi connectivity index (χ1v) is 45.2. The molecule has 0 spiro atoms. The van der Waals surface area contributed by atoms with Gasteiger partial charge in [0.05, 0.1) is 21.5 Å². The second kappa shape index (κ2) is 49.4. The maximum absolute atomic E-state index is 14.3. The van der Waals surface area contributed by atoms with Crippen LogP contribution in [-0.4, -0.2) is 55.7 Å². The fraction of sp³-hybridized carbons (Fsp3) is 0.806. The monoisotopic (exact) mass is 1450 g/mol. The van der Waals surface area contributed by atoms with Crippen LogP contribution < -0.4 is 22.2 Å². The molecule has 12 nitrogen and oxygen atoms in total. The molecule has 2 fully saturated rings. The van der Waals surface area contributed by atoms with Gasteiger partial charge in [-0.25, -0.2) is 0 Å². The zero-order chi connectivity index (χ0) is 75.0. The molecule has 7 rings (SSSR count). The van der Waals surface area contributed by atoms with Gasteiger partial charge in [-0.1, -0.05) is 317 Å². The van der Waals surface area contributed by atoms with Crippen molar-refractivity contribution in [3.8, 4) is 0 Å². The van der Waals surface area contributed by atoms with E-state index in [1.807, 2.05) is 13.8 Å². The van der Waals surface area contributed by atoms with Gasteiger partial charge in [-0.15, -0.1) is 0 Å². The summed E-state index contributed by atoms with van der Waals surface area (Å²) in [6.07, 6.45) is 77.1. The summed E-state index contributed by atoms with van der Waals surface area (Å²) in [5.74, 6) is 6.06. The van der Waals surface area contributed by atoms with Crippen molar-refractivity contribution in [2.45, 2.75) is 420 Å². The van der Waals surface area contributed by atoms with Gasteiger partial charge in [-0.05, 0) is 150 Å². The molecule has 4 heterocycles. The maximum atomic E-state index is 14.3. The number of amides is 4. The molecule has 2 aliphatic carbocycles. The SMILES string of the molecule is CCCCCCCCC1C(CCCCCC)CCC(CCCCCCCCn2c(=O)c3cc4c(=O)n(C(C)(C)CCCCCCCCC5C(CCCCCCCCN6C(=O)C=CC6=O)CCC(CCCCCC)C5CCCCCCCC)c(=O)c4cc3c2=O)C1CCCCCCCCN1C(=O)C=CC1=O. The molecule has 8 unspecified atom stereocenters. The number of hydrogen-bond donors (Lipinski definition) is 0. The molecule has 12 heteroatoms. The predicted octanol–water partition coefficient (Wildman–Crippen LogP) is 23.8. The van der Waals surface area contributed by atoms with Crippen LogP contribution in [-0.2, 0) is 31.3 Å². The first kappa shape index (κ1) is 87.5. The number of aromatic nitrogens is 2. The van der Waals surface area contributed by atoms with E-state index in [-0.39, 0.29) is 67.4 Å². The van der Waals surface area contributed by atoms with E-state index in [2.05, 4.69) is 27.7 Å². The molecule has 0 saturated heterocycles. The topological polar surface area (TPSA) is 153 Å². The molecule has 3 aromatic rings. The van der Waals surface area contributed by atoms with E-state index >= 15 is 0 Å². The molecule has 1 aromatic carbocycles. The van der Waals surface area contributed by atoms with Crippen LogP contribution in [0, 0.1) is 47.3 Å². The fourth-order valence-electron chi connectivity index (χ4n) is 20.3. The number of unbranched alkanes of at least 4 members (excludes halogenated alkanes) is 36. The average Bonchev–Trinajstić information content (AvgIpc) is 1.58. The lowest BCUT2D eigenvalue weighted by Gasteiger charge is -2.44. The molecule has 4 aliphatic rings. The van der Waals surface area contributed by atoms with Crippen LogP contribution in [0.3, 0.4) is 0 Å². The quantitative estimate of drug-likeness (QED) is 0.0400. The largest absolute Gasteiger partial charge is 0.275 e. The van der Waals surface area contributed by atoms with E-state index in [4.69, 9.17) is 0 Å². The molecule has 2 aromatic heterocycles. The predicted molar refractivity (Wildman–Crippen MR) is 440 cm³/mol. The first-order valence-electron chi connectivity index (χ1n) is 45.2. The van der Waals surface area contributed by atoms with E-state index in [1.54, 1.807) is 12.1 Å². The minimum Gasteiger partial charge on any atom is -0.275 e. The highest BCUT2D eigenvalue weighted by Crippen LogP contribution is 2.50.